The molecule has 2 aromatic carbocycles. The average Bonchev–Trinajstić information content (AvgIpc) is 2.64. The summed E-state index contributed by atoms with van der Waals surface area (Å²) in [7, 11) is 3.08. The monoisotopic (exact) mass is 380 g/mol. The lowest BCUT2D eigenvalue weighted by atomic mass is 10.0. The Morgan fingerprint density at radius 1 is 1.00 bits per heavy atom. The van der Waals surface area contributed by atoms with Crippen LogP contribution < -0.4 is 20.3 Å². The van der Waals surface area contributed by atoms with Crippen LogP contribution in [0.5, 0.6) is 11.5 Å². The number of aryl methyl sites for hydroxylation is 3. The van der Waals surface area contributed by atoms with Crippen LogP contribution in [0.2, 0.25) is 0 Å². The largest absolute Gasteiger partial charge is 0.497 e. The summed E-state index contributed by atoms with van der Waals surface area (Å²) >= 11 is 0. The lowest BCUT2D eigenvalue weighted by Gasteiger charge is -2.16. The third-order valence-corrected chi connectivity index (χ3v) is 4.73. The van der Waals surface area contributed by atoms with E-state index in [-0.39, 0.29) is 18.0 Å². The Hall–Kier alpha value is -3.28. The summed E-state index contributed by atoms with van der Waals surface area (Å²) in [6.07, 6.45) is 0. The van der Waals surface area contributed by atoms with E-state index in [1.54, 1.807) is 31.4 Å². The Morgan fingerprint density at radius 3 is 2.43 bits per heavy atom. The average molecular weight is 380 g/mol. The van der Waals surface area contributed by atoms with E-state index in [4.69, 9.17) is 9.47 Å². The van der Waals surface area contributed by atoms with Crippen molar-refractivity contribution in [2.45, 2.75) is 27.3 Å². The second-order valence-corrected chi connectivity index (χ2v) is 6.84. The highest BCUT2D eigenvalue weighted by molar-refractivity contribution is 5.94. The molecule has 28 heavy (non-hydrogen) atoms. The van der Waals surface area contributed by atoms with Gasteiger partial charge in [-0.2, -0.15) is 0 Å². The van der Waals surface area contributed by atoms with Gasteiger partial charge >= 0.3 is 0 Å². The van der Waals surface area contributed by atoms with Gasteiger partial charge in [-0.1, -0.05) is 11.6 Å². The van der Waals surface area contributed by atoms with Gasteiger partial charge in [-0.3, -0.25) is 14.2 Å². The van der Waals surface area contributed by atoms with Crippen LogP contribution in [-0.4, -0.2) is 24.7 Å². The summed E-state index contributed by atoms with van der Waals surface area (Å²) in [5.41, 5.74) is 4.04. The zero-order valence-corrected chi connectivity index (χ0v) is 16.8. The number of methoxy groups -OCH3 is 2. The molecule has 146 valence electrons. The van der Waals surface area contributed by atoms with E-state index < -0.39 is 0 Å². The van der Waals surface area contributed by atoms with Crippen LogP contribution in [0.4, 0.5) is 5.69 Å². The van der Waals surface area contributed by atoms with Crippen molar-refractivity contribution >= 4 is 22.5 Å². The van der Waals surface area contributed by atoms with E-state index in [1.165, 1.54) is 11.7 Å². The van der Waals surface area contributed by atoms with Crippen molar-refractivity contribution in [3.05, 3.63) is 63.4 Å². The van der Waals surface area contributed by atoms with Crippen LogP contribution in [0.3, 0.4) is 0 Å². The molecule has 0 radical (unpaired) electrons. The number of ether oxygens (including phenoxy) is 2. The zero-order chi connectivity index (χ0) is 20.4. The third-order valence-electron chi connectivity index (χ3n) is 4.73. The molecule has 0 aliphatic rings. The molecule has 3 rings (SSSR count). The van der Waals surface area contributed by atoms with Crippen LogP contribution in [0.15, 0.2) is 41.2 Å². The maximum absolute atomic E-state index is 12.7. The Bertz CT molecular complexity index is 1120. The molecule has 0 saturated carbocycles. The summed E-state index contributed by atoms with van der Waals surface area (Å²) in [5, 5.41) is 3.79. The number of amides is 1. The molecule has 0 spiro atoms. The van der Waals surface area contributed by atoms with Crippen LogP contribution >= 0.6 is 0 Å². The highest BCUT2D eigenvalue weighted by atomic mass is 16.5. The number of rotatable bonds is 5. The smallest absolute Gasteiger partial charge is 0.251 e. The maximum Gasteiger partial charge on any atom is 0.251 e. The molecule has 1 N–H and O–H groups in total. The molecule has 0 unspecified atom stereocenters. The summed E-state index contributed by atoms with van der Waals surface area (Å²) in [5.74, 6) is 0.793. The normalized spacial score (nSPS) is 10.8. The van der Waals surface area contributed by atoms with Gasteiger partial charge in [-0.25, -0.2) is 0 Å². The van der Waals surface area contributed by atoms with E-state index in [2.05, 4.69) is 5.32 Å². The molecule has 1 amide bonds. The number of benzene rings is 2. The summed E-state index contributed by atoms with van der Waals surface area (Å²) in [4.78, 5) is 25.4. The van der Waals surface area contributed by atoms with Crippen molar-refractivity contribution in [1.82, 2.24) is 4.57 Å². The molecule has 0 aliphatic carbocycles. The lowest BCUT2D eigenvalue weighted by molar-refractivity contribution is -0.116. The van der Waals surface area contributed by atoms with Gasteiger partial charge < -0.3 is 14.8 Å². The second-order valence-electron chi connectivity index (χ2n) is 6.84. The number of carbonyl (C=O) groups excluding carboxylic acids is 1. The third kappa shape index (κ3) is 3.71. The Balaban J connectivity index is 2.00. The van der Waals surface area contributed by atoms with E-state index in [0.29, 0.717) is 17.2 Å². The topological polar surface area (TPSA) is 69.6 Å². The lowest BCUT2D eigenvalue weighted by Crippen LogP contribution is -2.28. The Labute approximate surface area is 163 Å². The number of pyridine rings is 1. The molecule has 6 nitrogen and oxygen atoms in total. The fourth-order valence-electron chi connectivity index (χ4n) is 3.47. The van der Waals surface area contributed by atoms with Crippen LogP contribution in [0.1, 0.15) is 16.7 Å². The number of fused-ring (bicyclic) bond motifs is 1. The second kappa shape index (κ2) is 7.76. The molecule has 0 saturated heterocycles. The highest BCUT2D eigenvalue weighted by Crippen LogP contribution is 2.29. The predicted octanol–water partition coefficient (Wildman–Crippen LogP) is 3.58. The minimum absolute atomic E-state index is 0.0973. The molecular weight excluding hydrogens is 356 g/mol. The summed E-state index contributed by atoms with van der Waals surface area (Å²) in [6.45, 7) is 5.78. The number of hydrogen-bond donors (Lipinski definition) is 1. The number of carbonyl (C=O) groups is 1. The Morgan fingerprint density at radius 2 is 1.75 bits per heavy atom. The first-order valence-corrected chi connectivity index (χ1v) is 8.97. The molecule has 0 bridgehead atoms. The summed E-state index contributed by atoms with van der Waals surface area (Å²) in [6, 6.07) is 10.8. The first kappa shape index (κ1) is 19.5. The first-order valence-electron chi connectivity index (χ1n) is 8.97. The van der Waals surface area contributed by atoms with Crippen LogP contribution in [0.25, 0.3) is 10.9 Å². The number of nitrogens with zero attached hydrogens (tertiary/aromatic N) is 1. The van der Waals surface area contributed by atoms with Crippen molar-refractivity contribution < 1.29 is 14.3 Å². The molecule has 6 heteroatoms. The molecular formula is C22H24N2O4. The fourth-order valence-corrected chi connectivity index (χ4v) is 3.47. The van der Waals surface area contributed by atoms with Crippen molar-refractivity contribution in [1.29, 1.82) is 0 Å². The molecule has 3 aromatic rings. The van der Waals surface area contributed by atoms with E-state index >= 15 is 0 Å². The van der Waals surface area contributed by atoms with Gasteiger partial charge in [0, 0.05) is 17.5 Å². The number of anilines is 1. The van der Waals surface area contributed by atoms with Crippen molar-refractivity contribution in [2.75, 3.05) is 19.5 Å². The van der Waals surface area contributed by atoms with Crippen molar-refractivity contribution in [2.24, 2.45) is 0 Å². The minimum atomic E-state index is -0.321. The standard InChI is InChI=1S/C22H24N2O4/c1-13-8-15(3)22-17(9-13)14(2)10-21(26)24(22)12-20(25)23-18-11-16(27-4)6-7-19(18)28-5/h6-11H,12H2,1-5H3,(H,23,25). The fraction of sp³-hybridized carbons (Fsp3) is 0.273. The quantitative estimate of drug-likeness (QED) is 0.734. The number of aromatic nitrogens is 1. The van der Waals surface area contributed by atoms with Gasteiger partial charge in [-0.15, -0.1) is 0 Å². The van der Waals surface area contributed by atoms with Gasteiger partial charge in [-0.05, 0) is 50.1 Å². The number of nitrogens with one attached hydrogen (secondary N) is 1. The van der Waals surface area contributed by atoms with Crippen molar-refractivity contribution in [3.8, 4) is 11.5 Å². The van der Waals surface area contributed by atoms with E-state index in [1.807, 2.05) is 32.9 Å². The van der Waals surface area contributed by atoms with Gasteiger partial charge in [0.15, 0.2) is 0 Å². The SMILES string of the molecule is COc1ccc(OC)c(NC(=O)Cn2c(=O)cc(C)c3cc(C)cc(C)c32)c1. The minimum Gasteiger partial charge on any atom is -0.497 e. The van der Waals surface area contributed by atoms with Gasteiger partial charge in [0.25, 0.3) is 5.56 Å². The van der Waals surface area contributed by atoms with Gasteiger partial charge in [0.05, 0.1) is 25.4 Å². The van der Waals surface area contributed by atoms with Crippen LogP contribution in [0, 0.1) is 20.8 Å². The molecule has 1 heterocycles. The van der Waals surface area contributed by atoms with E-state index in [9.17, 15) is 9.59 Å². The zero-order valence-electron chi connectivity index (χ0n) is 16.8. The van der Waals surface area contributed by atoms with Gasteiger partial charge in [0.2, 0.25) is 5.91 Å². The molecule has 0 fully saturated rings. The predicted molar refractivity (Wildman–Crippen MR) is 111 cm³/mol. The Kier molecular flexibility index (Phi) is 5.40. The maximum atomic E-state index is 12.7. The highest BCUT2D eigenvalue weighted by Gasteiger charge is 2.14. The van der Waals surface area contributed by atoms with E-state index in [0.717, 1.165) is 27.6 Å². The number of hydrogen-bond acceptors (Lipinski definition) is 4. The van der Waals surface area contributed by atoms with Gasteiger partial charge in [0.1, 0.15) is 18.0 Å². The van der Waals surface area contributed by atoms with Crippen molar-refractivity contribution in [3.63, 3.8) is 0 Å². The first-order chi connectivity index (χ1) is 13.3. The van der Waals surface area contributed by atoms with Crippen LogP contribution in [-0.2, 0) is 11.3 Å². The molecule has 0 aliphatic heterocycles. The summed E-state index contributed by atoms with van der Waals surface area (Å²) < 4.78 is 12.0. The molecule has 0 atom stereocenters. The molecule has 1 aromatic heterocycles.